The van der Waals surface area contributed by atoms with Crippen molar-refractivity contribution in [3.63, 3.8) is 0 Å². The summed E-state index contributed by atoms with van der Waals surface area (Å²) in [5, 5.41) is 2.95. The third-order valence-electron chi connectivity index (χ3n) is 4.09. The summed E-state index contributed by atoms with van der Waals surface area (Å²) >= 11 is 6.00. The van der Waals surface area contributed by atoms with Gasteiger partial charge in [0.2, 0.25) is 5.91 Å². The average Bonchev–Trinajstić information content (AvgIpc) is 2.62. The van der Waals surface area contributed by atoms with Gasteiger partial charge >= 0.3 is 0 Å². The first-order valence-corrected chi connectivity index (χ1v) is 10.0. The molecular formula is C18H22ClN3O3S. The van der Waals surface area contributed by atoms with Gasteiger partial charge in [-0.2, -0.15) is 0 Å². The van der Waals surface area contributed by atoms with E-state index in [0.717, 1.165) is 6.42 Å². The van der Waals surface area contributed by atoms with E-state index in [1.807, 2.05) is 13.8 Å². The second kappa shape index (κ2) is 8.53. The summed E-state index contributed by atoms with van der Waals surface area (Å²) in [5.41, 5.74) is 6.54. The van der Waals surface area contributed by atoms with Gasteiger partial charge < -0.3 is 11.1 Å². The Morgan fingerprint density at radius 3 is 2.54 bits per heavy atom. The molecule has 0 fully saturated rings. The van der Waals surface area contributed by atoms with Crippen LogP contribution in [0.4, 0.5) is 11.4 Å². The van der Waals surface area contributed by atoms with Crippen LogP contribution in [0.1, 0.15) is 20.3 Å². The minimum Gasteiger partial charge on any atom is -0.325 e. The maximum atomic E-state index is 12.6. The summed E-state index contributed by atoms with van der Waals surface area (Å²) in [6.07, 6.45) is 0.769. The predicted octanol–water partition coefficient (Wildman–Crippen LogP) is 3.45. The maximum absolute atomic E-state index is 12.6. The molecule has 6 nitrogen and oxygen atoms in total. The van der Waals surface area contributed by atoms with Crippen LogP contribution in [-0.4, -0.2) is 20.4 Å². The molecule has 2 aromatic rings. The van der Waals surface area contributed by atoms with Crippen LogP contribution < -0.4 is 15.8 Å². The van der Waals surface area contributed by atoms with Gasteiger partial charge in [-0.05, 0) is 36.2 Å². The molecule has 0 saturated carbocycles. The minimum atomic E-state index is -3.85. The molecule has 0 spiro atoms. The predicted molar refractivity (Wildman–Crippen MR) is 105 cm³/mol. The molecule has 26 heavy (non-hydrogen) atoms. The molecule has 4 N–H and O–H groups in total. The Bertz CT molecular complexity index is 887. The highest BCUT2D eigenvalue weighted by Gasteiger charge is 2.21. The first-order chi connectivity index (χ1) is 12.2. The fourth-order valence-electron chi connectivity index (χ4n) is 2.23. The van der Waals surface area contributed by atoms with Gasteiger partial charge in [-0.1, -0.05) is 50.1 Å². The number of rotatable bonds is 7. The zero-order valence-electron chi connectivity index (χ0n) is 14.6. The molecule has 0 aliphatic carbocycles. The molecule has 2 atom stereocenters. The molecule has 0 aliphatic heterocycles. The fourth-order valence-corrected chi connectivity index (χ4v) is 3.59. The molecule has 0 bridgehead atoms. The number of hydrogen-bond donors (Lipinski definition) is 3. The number of carbonyl (C=O) groups excluding carboxylic acids is 1. The van der Waals surface area contributed by atoms with Gasteiger partial charge in [0.25, 0.3) is 10.0 Å². The second-order valence-electron chi connectivity index (χ2n) is 6.01. The number of amides is 1. The number of anilines is 2. The molecule has 0 radical (unpaired) electrons. The van der Waals surface area contributed by atoms with E-state index >= 15 is 0 Å². The number of hydrogen-bond acceptors (Lipinski definition) is 4. The summed E-state index contributed by atoms with van der Waals surface area (Å²) in [5.74, 6) is -0.336. The summed E-state index contributed by atoms with van der Waals surface area (Å²) < 4.78 is 27.6. The Hall–Kier alpha value is -2.09. The molecule has 0 aliphatic rings. The number of halogens is 1. The molecule has 0 saturated heterocycles. The van der Waals surface area contributed by atoms with Crippen molar-refractivity contribution in [3.8, 4) is 0 Å². The van der Waals surface area contributed by atoms with Crippen molar-refractivity contribution < 1.29 is 13.2 Å². The van der Waals surface area contributed by atoms with Crippen LogP contribution in [0.5, 0.6) is 0 Å². The van der Waals surface area contributed by atoms with Crippen LogP contribution in [0.25, 0.3) is 0 Å². The summed E-state index contributed by atoms with van der Waals surface area (Å²) in [7, 11) is -3.85. The lowest BCUT2D eigenvalue weighted by molar-refractivity contribution is -0.118. The van der Waals surface area contributed by atoms with Gasteiger partial charge in [0.1, 0.15) is 0 Å². The lowest BCUT2D eigenvalue weighted by atomic mass is 9.99. The van der Waals surface area contributed by atoms with Gasteiger partial charge in [-0.15, -0.1) is 0 Å². The van der Waals surface area contributed by atoms with Gasteiger partial charge in [0.05, 0.1) is 21.6 Å². The highest BCUT2D eigenvalue weighted by Crippen LogP contribution is 2.25. The van der Waals surface area contributed by atoms with Crippen molar-refractivity contribution in [3.05, 3.63) is 53.6 Å². The van der Waals surface area contributed by atoms with Gasteiger partial charge in [0.15, 0.2) is 0 Å². The van der Waals surface area contributed by atoms with Crippen LogP contribution in [0.15, 0.2) is 53.4 Å². The minimum absolute atomic E-state index is 0.00679. The zero-order chi connectivity index (χ0) is 19.3. The Balaban J connectivity index is 2.20. The van der Waals surface area contributed by atoms with Crippen molar-refractivity contribution in [2.24, 2.45) is 11.7 Å². The number of carbonyl (C=O) groups is 1. The summed E-state index contributed by atoms with van der Waals surface area (Å²) in [6, 6.07) is 11.8. The van der Waals surface area contributed by atoms with Gasteiger partial charge in [0, 0.05) is 5.69 Å². The van der Waals surface area contributed by atoms with E-state index in [1.165, 1.54) is 12.1 Å². The SMILES string of the molecule is CCC(C)C(N)C(=O)Nc1cccc(S(=O)(=O)Nc2ccccc2Cl)c1. The van der Waals surface area contributed by atoms with E-state index in [0.29, 0.717) is 10.7 Å². The van der Waals surface area contributed by atoms with Crippen molar-refractivity contribution in [2.75, 3.05) is 10.0 Å². The highest BCUT2D eigenvalue weighted by molar-refractivity contribution is 7.92. The molecule has 0 heterocycles. The number of nitrogens with one attached hydrogen (secondary N) is 2. The Kier molecular flexibility index (Phi) is 6.63. The highest BCUT2D eigenvalue weighted by atomic mass is 35.5. The number of nitrogens with two attached hydrogens (primary N) is 1. The lowest BCUT2D eigenvalue weighted by Crippen LogP contribution is -2.40. The van der Waals surface area contributed by atoms with E-state index in [2.05, 4.69) is 10.0 Å². The Morgan fingerprint density at radius 2 is 1.88 bits per heavy atom. The number of benzene rings is 2. The lowest BCUT2D eigenvalue weighted by Gasteiger charge is -2.18. The van der Waals surface area contributed by atoms with E-state index in [-0.39, 0.29) is 22.4 Å². The van der Waals surface area contributed by atoms with E-state index < -0.39 is 16.1 Å². The van der Waals surface area contributed by atoms with Crippen LogP contribution in [-0.2, 0) is 14.8 Å². The van der Waals surface area contributed by atoms with Crippen molar-refractivity contribution in [2.45, 2.75) is 31.2 Å². The molecule has 2 unspecified atom stereocenters. The van der Waals surface area contributed by atoms with Crippen LogP contribution in [0, 0.1) is 5.92 Å². The first-order valence-electron chi connectivity index (χ1n) is 8.18. The van der Waals surface area contributed by atoms with Gasteiger partial charge in [-0.3, -0.25) is 9.52 Å². The van der Waals surface area contributed by atoms with Crippen molar-refractivity contribution >= 4 is 38.9 Å². The third-order valence-corrected chi connectivity index (χ3v) is 5.78. The standard InChI is InChI=1S/C18H22ClN3O3S/c1-3-12(2)17(20)18(23)21-13-7-6-8-14(11-13)26(24,25)22-16-10-5-4-9-15(16)19/h4-12,17,22H,3,20H2,1-2H3,(H,21,23). The van der Waals surface area contributed by atoms with Crippen LogP contribution in [0.2, 0.25) is 5.02 Å². The van der Waals surface area contributed by atoms with Gasteiger partial charge in [-0.25, -0.2) is 8.42 Å². The molecule has 2 rings (SSSR count). The van der Waals surface area contributed by atoms with E-state index in [1.54, 1.807) is 36.4 Å². The Labute approximate surface area is 158 Å². The molecule has 2 aromatic carbocycles. The summed E-state index contributed by atoms with van der Waals surface area (Å²) in [6.45, 7) is 3.84. The van der Waals surface area contributed by atoms with Crippen molar-refractivity contribution in [1.82, 2.24) is 0 Å². The topological polar surface area (TPSA) is 101 Å². The van der Waals surface area contributed by atoms with E-state index in [4.69, 9.17) is 17.3 Å². The quantitative estimate of drug-likeness (QED) is 0.668. The third kappa shape index (κ3) is 4.97. The normalized spacial score (nSPS) is 13.7. The molecular weight excluding hydrogens is 374 g/mol. The molecule has 8 heteroatoms. The largest absolute Gasteiger partial charge is 0.325 e. The maximum Gasteiger partial charge on any atom is 0.262 e. The van der Waals surface area contributed by atoms with Crippen LogP contribution >= 0.6 is 11.6 Å². The first kappa shape index (κ1) is 20.2. The van der Waals surface area contributed by atoms with E-state index in [9.17, 15) is 13.2 Å². The molecule has 140 valence electrons. The smallest absolute Gasteiger partial charge is 0.262 e. The monoisotopic (exact) mass is 395 g/mol. The van der Waals surface area contributed by atoms with Crippen molar-refractivity contribution in [1.29, 1.82) is 0 Å². The average molecular weight is 396 g/mol. The summed E-state index contributed by atoms with van der Waals surface area (Å²) in [4.78, 5) is 12.2. The molecule has 1 amide bonds. The second-order valence-corrected chi connectivity index (χ2v) is 8.10. The number of sulfonamides is 1. The fraction of sp³-hybridized carbons (Fsp3) is 0.278. The zero-order valence-corrected chi connectivity index (χ0v) is 16.1. The van der Waals surface area contributed by atoms with Crippen LogP contribution in [0.3, 0.4) is 0 Å². The Morgan fingerprint density at radius 1 is 1.19 bits per heavy atom. The number of para-hydroxylation sites is 1. The molecule has 0 aromatic heterocycles.